The molecule has 0 aliphatic carbocycles. The van der Waals surface area contributed by atoms with Crippen molar-refractivity contribution in [2.75, 3.05) is 13.1 Å². The normalized spacial score (nSPS) is 19.9. The van der Waals surface area contributed by atoms with E-state index in [9.17, 15) is 4.39 Å². The van der Waals surface area contributed by atoms with Crippen LogP contribution in [0.25, 0.3) is 0 Å². The molecule has 15 heavy (non-hydrogen) atoms. The number of nitrogens with one attached hydrogen (secondary N) is 2. The minimum atomic E-state index is -0.119. The molecule has 1 fully saturated rings. The summed E-state index contributed by atoms with van der Waals surface area (Å²) in [6.07, 6.45) is 1.13. The van der Waals surface area contributed by atoms with Crippen LogP contribution in [0.3, 0.4) is 0 Å². The lowest BCUT2D eigenvalue weighted by Gasteiger charge is -2.11. The molecule has 1 unspecified atom stereocenters. The van der Waals surface area contributed by atoms with E-state index in [1.54, 1.807) is 6.07 Å². The standard InChI is InChI=1S/C11H15FN2.ClH/c12-11-4-2-1-3-9(11)7-14-10-5-6-13-8-10;/h1-4,10,13-14H,5-8H2;1H. The van der Waals surface area contributed by atoms with Gasteiger partial charge in [-0.3, -0.25) is 0 Å². The molecule has 1 atom stereocenters. The van der Waals surface area contributed by atoms with Crippen molar-refractivity contribution in [2.45, 2.75) is 19.0 Å². The fourth-order valence-electron chi connectivity index (χ4n) is 1.72. The molecule has 2 N–H and O–H groups in total. The molecule has 0 saturated carbocycles. The summed E-state index contributed by atoms with van der Waals surface area (Å²) in [7, 11) is 0. The minimum Gasteiger partial charge on any atom is -0.315 e. The van der Waals surface area contributed by atoms with Crippen LogP contribution in [0.5, 0.6) is 0 Å². The maximum atomic E-state index is 13.2. The number of halogens is 2. The lowest BCUT2D eigenvalue weighted by atomic mass is 10.2. The van der Waals surface area contributed by atoms with Crippen LogP contribution in [0, 0.1) is 5.82 Å². The lowest BCUT2D eigenvalue weighted by molar-refractivity contribution is 0.527. The molecule has 0 radical (unpaired) electrons. The van der Waals surface area contributed by atoms with Crippen molar-refractivity contribution < 1.29 is 4.39 Å². The van der Waals surface area contributed by atoms with Gasteiger partial charge in [0.1, 0.15) is 5.82 Å². The minimum absolute atomic E-state index is 0. The van der Waals surface area contributed by atoms with Crippen LogP contribution in [0.4, 0.5) is 4.39 Å². The first-order chi connectivity index (χ1) is 6.86. The molecule has 0 bridgehead atoms. The van der Waals surface area contributed by atoms with E-state index in [2.05, 4.69) is 10.6 Å². The number of rotatable bonds is 3. The van der Waals surface area contributed by atoms with Gasteiger partial charge < -0.3 is 10.6 Å². The average Bonchev–Trinajstić information content (AvgIpc) is 2.69. The molecule has 0 spiro atoms. The Kier molecular flexibility index (Phi) is 5.02. The third-order valence-corrected chi connectivity index (χ3v) is 2.60. The van der Waals surface area contributed by atoms with Gasteiger partial charge in [-0.2, -0.15) is 0 Å². The summed E-state index contributed by atoms with van der Waals surface area (Å²) in [4.78, 5) is 0. The third-order valence-electron chi connectivity index (χ3n) is 2.60. The van der Waals surface area contributed by atoms with Gasteiger partial charge in [-0.15, -0.1) is 12.4 Å². The summed E-state index contributed by atoms with van der Waals surface area (Å²) >= 11 is 0. The highest BCUT2D eigenvalue weighted by Crippen LogP contribution is 2.07. The van der Waals surface area contributed by atoms with Crippen molar-refractivity contribution in [2.24, 2.45) is 0 Å². The first kappa shape index (κ1) is 12.4. The maximum Gasteiger partial charge on any atom is 0.127 e. The van der Waals surface area contributed by atoms with Gasteiger partial charge in [0, 0.05) is 24.7 Å². The van der Waals surface area contributed by atoms with Crippen molar-refractivity contribution in [3.8, 4) is 0 Å². The largest absolute Gasteiger partial charge is 0.315 e. The molecule has 2 nitrogen and oxygen atoms in total. The van der Waals surface area contributed by atoms with E-state index in [-0.39, 0.29) is 18.2 Å². The van der Waals surface area contributed by atoms with Gasteiger partial charge >= 0.3 is 0 Å². The average molecular weight is 231 g/mol. The van der Waals surface area contributed by atoms with Gasteiger partial charge in [0.15, 0.2) is 0 Å². The Morgan fingerprint density at radius 1 is 1.40 bits per heavy atom. The summed E-state index contributed by atoms with van der Waals surface area (Å²) in [5.41, 5.74) is 0.749. The first-order valence-electron chi connectivity index (χ1n) is 5.04. The van der Waals surface area contributed by atoms with Crippen LogP contribution in [0.15, 0.2) is 24.3 Å². The molecule has 1 aliphatic heterocycles. The SMILES string of the molecule is Cl.Fc1ccccc1CNC1CCNC1. The molecule has 1 aromatic carbocycles. The monoisotopic (exact) mass is 230 g/mol. The van der Waals surface area contributed by atoms with Crippen molar-refractivity contribution >= 4 is 12.4 Å². The van der Waals surface area contributed by atoms with Crippen molar-refractivity contribution in [1.82, 2.24) is 10.6 Å². The Labute approximate surface area is 95.7 Å². The molecule has 4 heteroatoms. The Bertz CT molecular complexity index is 300. The van der Waals surface area contributed by atoms with Crippen LogP contribution in [-0.4, -0.2) is 19.1 Å². The van der Waals surface area contributed by atoms with E-state index in [0.29, 0.717) is 12.6 Å². The van der Waals surface area contributed by atoms with Gasteiger partial charge in [0.2, 0.25) is 0 Å². The molecule has 84 valence electrons. The Hall–Kier alpha value is -0.640. The van der Waals surface area contributed by atoms with Crippen molar-refractivity contribution in [1.29, 1.82) is 0 Å². The Morgan fingerprint density at radius 2 is 2.20 bits per heavy atom. The zero-order chi connectivity index (χ0) is 9.80. The van der Waals surface area contributed by atoms with E-state index in [0.717, 1.165) is 25.1 Å². The number of hydrogen-bond acceptors (Lipinski definition) is 2. The maximum absolute atomic E-state index is 13.2. The van der Waals surface area contributed by atoms with E-state index in [1.165, 1.54) is 6.07 Å². The van der Waals surface area contributed by atoms with Crippen LogP contribution in [-0.2, 0) is 6.54 Å². The van der Waals surface area contributed by atoms with E-state index in [1.807, 2.05) is 12.1 Å². The molecular weight excluding hydrogens is 215 g/mol. The Balaban J connectivity index is 0.00000112. The van der Waals surface area contributed by atoms with Gasteiger partial charge in [0.25, 0.3) is 0 Å². The summed E-state index contributed by atoms with van der Waals surface area (Å²) in [6, 6.07) is 7.41. The van der Waals surface area contributed by atoms with E-state index in [4.69, 9.17) is 0 Å². The molecule has 2 rings (SSSR count). The van der Waals surface area contributed by atoms with E-state index < -0.39 is 0 Å². The van der Waals surface area contributed by atoms with Gasteiger partial charge in [0.05, 0.1) is 0 Å². The van der Waals surface area contributed by atoms with Crippen LogP contribution in [0.2, 0.25) is 0 Å². The predicted molar refractivity (Wildman–Crippen MR) is 61.8 cm³/mol. The van der Waals surface area contributed by atoms with Gasteiger partial charge in [-0.1, -0.05) is 18.2 Å². The van der Waals surface area contributed by atoms with Crippen molar-refractivity contribution in [3.05, 3.63) is 35.6 Å². The van der Waals surface area contributed by atoms with Gasteiger partial charge in [-0.05, 0) is 19.0 Å². The van der Waals surface area contributed by atoms with Crippen LogP contribution >= 0.6 is 12.4 Å². The molecular formula is C11H16ClFN2. The first-order valence-corrected chi connectivity index (χ1v) is 5.04. The second kappa shape index (κ2) is 6.05. The van der Waals surface area contributed by atoms with E-state index >= 15 is 0 Å². The van der Waals surface area contributed by atoms with Crippen LogP contribution < -0.4 is 10.6 Å². The Morgan fingerprint density at radius 3 is 2.87 bits per heavy atom. The topological polar surface area (TPSA) is 24.1 Å². The fraction of sp³-hybridized carbons (Fsp3) is 0.455. The number of benzene rings is 1. The lowest BCUT2D eigenvalue weighted by Crippen LogP contribution is -2.30. The summed E-state index contributed by atoms with van der Waals surface area (Å²) in [5.74, 6) is -0.119. The summed E-state index contributed by atoms with van der Waals surface area (Å²) in [6.45, 7) is 2.68. The van der Waals surface area contributed by atoms with Crippen LogP contribution in [0.1, 0.15) is 12.0 Å². The molecule has 0 amide bonds. The second-order valence-electron chi connectivity index (χ2n) is 3.66. The highest BCUT2D eigenvalue weighted by molar-refractivity contribution is 5.85. The molecule has 1 aromatic rings. The van der Waals surface area contributed by atoms with Crippen molar-refractivity contribution in [3.63, 3.8) is 0 Å². The highest BCUT2D eigenvalue weighted by atomic mass is 35.5. The quantitative estimate of drug-likeness (QED) is 0.826. The molecule has 1 aliphatic rings. The summed E-state index contributed by atoms with van der Waals surface area (Å²) in [5, 5.41) is 6.60. The van der Waals surface area contributed by atoms with Gasteiger partial charge in [-0.25, -0.2) is 4.39 Å². The molecule has 0 aromatic heterocycles. The highest BCUT2D eigenvalue weighted by Gasteiger charge is 2.13. The summed E-state index contributed by atoms with van der Waals surface area (Å²) < 4.78 is 13.2. The zero-order valence-corrected chi connectivity index (χ0v) is 9.32. The fourth-order valence-corrected chi connectivity index (χ4v) is 1.72. The smallest absolute Gasteiger partial charge is 0.127 e. The number of hydrogen-bond donors (Lipinski definition) is 2. The molecule has 1 heterocycles. The second-order valence-corrected chi connectivity index (χ2v) is 3.66. The third kappa shape index (κ3) is 3.45. The zero-order valence-electron chi connectivity index (χ0n) is 8.50. The predicted octanol–water partition coefficient (Wildman–Crippen LogP) is 1.70. The molecule has 1 saturated heterocycles.